The number of rotatable bonds is 0. The molecule has 0 aromatic rings. The zero-order valence-electron chi connectivity index (χ0n) is 10.8. The van der Waals surface area contributed by atoms with Crippen LogP contribution in [-0.4, -0.2) is 58.7 Å². The van der Waals surface area contributed by atoms with Gasteiger partial charge >= 0.3 is 82.7 Å². The maximum Gasteiger partial charge on any atom is 1.00 e. The quantitative estimate of drug-likeness (QED) is 0.125. The van der Waals surface area contributed by atoms with Crippen LogP contribution in [0.5, 0.6) is 0 Å². The van der Waals surface area contributed by atoms with Crippen LogP contribution in [0.15, 0.2) is 0 Å². The molecule has 21 heteroatoms. The van der Waals surface area contributed by atoms with E-state index in [4.69, 9.17) is 77.0 Å². The van der Waals surface area contributed by atoms with Crippen LogP contribution in [0, 0.1) is 0 Å². The fourth-order valence-corrected chi connectivity index (χ4v) is 0. The third-order valence-electron chi connectivity index (χ3n) is 0. The van der Waals surface area contributed by atoms with Gasteiger partial charge in [0.2, 0.25) is 0 Å². The van der Waals surface area contributed by atoms with E-state index in [0.717, 1.165) is 0 Å². The van der Waals surface area contributed by atoms with Gasteiger partial charge in [0, 0.05) is 0 Å². The van der Waals surface area contributed by atoms with Crippen LogP contribution in [0.3, 0.4) is 0 Å². The molecule has 0 radical (unpaired) electrons. The minimum atomic E-state index is -4.64. The molecule has 12 N–H and O–H groups in total. The molecule has 0 amide bonds. The van der Waals surface area contributed by atoms with Gasteiger partial charge in [-0.1, -0.05) is 0 Å². The van der Waals surface area contributed by atoms with Crippen molar-refractivity contribution in [3.63, 3.8) is 0 Å². The Morgan fingerprint density at radius 3 is 0.381 bits per heavy atom. The van der Waals surface area contributed by atoms with E-state index in [0.29, 0.717) is 0 Å². The zero-order valence-corrected chi connectivity index (χ0v) is 16.5. The second kappa shape index (κ2) is 14.4. The van der Waals surface area contributed by atoms with Crippen molar-refractivity contribution in [3.05, 3.63) is 0 Å². The predicted molar refractivity (Wildman–Crippen MR) is 58.2 cm³/mol. The first-order valence-electron chi connectivity index (χ1n) is 3.13. The van der Waals surface area contributed by atoms with Crippen LogP contribution >= 0.6 is 31.3 Å². The van der Waals surface area contributed by atoms with Gasteiger partial charge in [-0.05, 0) is 0 Å². The fraction of sp³-hybridized carbons (Fsp3) is 0. The Labute approximate surface area is 160 Å². The van der Waals surface area contributed by atoms with Crippen LogP contribution in [0.4, 0.5) is 0 Å². The molecule has 0 aromatic carbocycles. The van der Waals surface area contributed by atoms with E-state index in [-0.39, 0.29) is 52.8 Å². The second-order valence-electron chi connectivity index (χ2n) is 2.05. The largest absolute Gasteiger partial charge is 1.00 e. The summed E-state index contributed by atoms with van der Waals surface area (Å²) in [5, 5.41) is 0. The standard InChI is InChI=1S/K.4H3O4P.H/c;4*1-5(2,3)4;/h;4*(H3,1,2,3,4);/q+1;;;;;-1. The molecule has 0 bridgehead atoms. The maximum absolute atomic E-state index is 8.88. The van der Waals surface area contributed by atoms with Crippen LogP contribution in [-0.2, 0) is 18.3 Å². The molecule has 16 nitrogen and oxygen atoms in total. The third-order valence-corrected chi connectivity index (χ3v) is 0. The van der Waals surface area contributed by atoms with E-state index in [1.54, 1.807) is 0 Å². The summed E-state index contributed by atoms with van der Waals surface area (Å²) in [5.74, 6) is 0. The van der Waals surface area contributed by atoms with E-state index in [1.165, 1.54) is 0 Å². The molecule has 21 heavy (non-hydrogen) atoms. The Hall–Kier alpha value is 2.08. The van der Waals surface area contributed by atoms with Gasteiger partial charge < -0.3 is 60.1 Å². The molecule has 0 saturated carbocycles. The molecule has 0 aromatic heterocycles. The molecule has 130 valence electrons. The molecular weight excluding hydrogens is 419 g/mol. The Balaban J connectivity index is -0.0000000376. The van der Waals surface area contributed by atoms with Crippen molar-refractivity contribution < 1.29 is 130 Å². The maximum atomic E-state index is 8.88. The fourth-order valence-electron chi connectivity index (χ4n) is 0. The number of hydrogen-bond donors (Lipinski definition) is 12. The Bertz CT molecular complexity index is 291. The summed E-state index contributed by atoms with van der Waals surface area (Å²) in [4.78, 5) is 86.2. The van der Waals surface area contributed by atoms with Crippen molar-refractivity contribution in [1.82, 2.24) is 0 Å². The van der Waals surface area contributed by atoms with Crippen LogP contribution < -0.4 is 51.4 Å². The van der Waals surface area contributed by atoms with E-state index in [2.05, 4.69) is 0 Å². The Morgan fingerprint density at radius 2 is 0.381 bits per heavy atom. The van der Waals surface area contributed by atoms with Gasteiger partial charge in [-0.2, -0.15) is 0 Å². The average molecular weight is 432 g/mol. The SMILES string of the molecule is O=P(O)(O)O.O=P(O)(O)O.O=P(O)(O)O.O=P(O)(O)O.[H-].[K+]. The topological polar surface area (TPSA) is 311 Å². The average Bonchev–Trinajstić information content (AvgIpc) is 1.62. The van der Waals surface area contributed by atoms with Gasteiger partial charge in [0.15, 0.2) is 0 Å². The van der Waals surface area contributed by atoms with Crippen molar-refractivity contribution in [1.29, 1.82) is 0 Å². The molecule has 0 heterocycles. The second-order valence-corrected chi connectivity index (χ2v) is 6.16. The van der Waals surface area contributed by atoms with Crippen molar-refractivity contribution in [3.8, 4) is 0 Å². The molecule has 0 rings (SSSR count). The van der Waals surface area contributed by atoms with Gasteiger partial charge in [0.25, 0.3) is 0 Å². The van der Waals surface area contributed by atoms with E-state index in [9.17, 15) is 0 Å². The minimum Gasteiger partial charge on any atom is -1.00 e. The minimum absolute atomic E-state index is 0. The molecular formula is H13KO16P4. The van der Waals surface area contributed by atoms with Gasteiger partial charge in [-0.15, -0.1) is 0 Å². The summed E-state index contributed by atoms with van der Waals surface area (Å²) in [6.07, 6.45) is 0. The van der Waals surface area contributed by atoms with Gasteiger partial charge in [-0.25, -0.2) is 18.3 Å². The van der Waals surface area contributed by atoms with Crippen LogP contribution in [0.25, 0.3) is 0 Å². The first-order valence-corrected chi connectivity index (χ1v) is 9.39. The van der Waals surface area contributed by atoms with Crippen molar-refractivity contribution in [2.75, 3.05) is 0 Å². The smallest absolute Gasteiger partial charge is 1.00 e. The first-order chi connectivity index (χ1) is 8.00. The summed E-state index contributed by atoms with van der Waals surface area (Å²) < 4.78 is 35.5. The summed E-state index contributed by atoms with van der Waals surface area (Å²) >= 11 is 0. The van der Waals surface area contributed by atoms with Gasteiger partial charge in [-0.3, -0.25) is 0 Å². The molecule has 0 atom stereocenters. The van der Waals surface area contributed by atoms with Crippen LogP contribution in [0.1, 0.15) is 1.43 Å². The van der Waals surface area contributed by atoms with E-state index < -0.39 is 31.3 Å². The first kappa shape index (κ1) is 34.4. The monoisotopic (exact) mass is 432 g/mol. The zero-order chi connectivity index (χ0) is 18.0. The van der Waals surface area contributed by atoms with Crippen molar-refractivity contribution in [2.24, 2.45) is 0 Å². The molecule has 0 unspecified atom stereocenters. The van der Waals surface area contributed by atoms with Crippen molar-refractivity contribution in [2.45, 2.75) is 0 Å². The summed E-state index contributed by atoms with van der Waals surface area (Å²) in [6, 6.07) is 0. The molecule has 0 spiro atoms. The van der Waals surface area contributed by atoms with Crippen molar-refractivity contribution >= 4 is 31.3 Å². The summed E-state index contributed by atoms with van der Waals surface area (Å²) in [7, 11) is -18.6. The van der Waals surface area contributed by atoms with Crippen LogP contribution in [0.2, 0.25) is 0 Å². The third kappa shape index (κ3) is 2060. The van der Waals surface area contributed by atoms with Gasteiger partial charge in [0.1, 0.15) is 0 Å². The Kier molecular flexibility index (Phi) is 23.6. The molecule has 0 aliphatic carbocycles. The number of hydrogen-bond acceptors (Lipinski definition) is 4. The molecule has 0 fully saturated rings. The number of phosphoric acid groups is 4. The Morgan fingerprint density at radius 1 is 0.381 bits per heavy atom. The molecule has 0 aliphatic heterocycles. The molecule has 0 aliphatic rings. The predicted octanol–water partition coefficient (Wildman–Crippen LogP) is -6.60. The van der Waals surface area contributed by atoms with E-state index in [1.807, 2.05) is 0 Å². The summed E-state index contributed by atoms with van der Waals surface area (Å²) in [5.41, 5.74) is 0. The normalized spacial score (nSPS) is 11.2. The van der Waals surface area contributed by atoms with E-state index >= 15 is 0 Å². The summed E-state index contributed by atoms with van der Waals surface area (Å²) in [6.45, 7) is 0. The van der Waals surface area contributed by atoms with Gasteiger partial charge in [0.05, 0.1) is 0 Å². The molecule has 0 saturated heterocycles.